The summed E-state index contributed by atoms with van der Waals surface area (Å²) in [6.45, 7) is 11.0. The Morgan fingerprint density at radius 3 is 2.09 bits per heavy atom. The molecule has 0 aromatic carbocycles. The van der Waals surface area contributed by atoms with Crippen LogP contribution in [0.1, 0.15) is 47.0 Å². The van der Waals surface area contributed by atoms with Crippen LogP contribution in [-0.4, -0.2) is 32.5 Å². The molecule has 2 bridgehead atoms. The Bertz CT molecular complexity index is 484. The highest BCUT2D eigenvalue weighted by atomic mass is 79.9. The Hall–Kier alpha value is 0.910. The standard InChI is InChI=1S/C17H26Br3NO/c1-10-7-11(2)9-21(8-10)14(22)17-6-5-16(12(17)18,13(19)20)15(17,3)4/h10-13H,5-9H2,1-4H3. The smallest absolute Gasteiger partial charge is 0.230 e. The van der Waals surface area contributed by atoms with E-state index >= 15 is 0 Å². The fourth-order valence-corrected chi connectivity index (χ4v) is 10.7. The summed E-state index contributed by atoms with van der Waals surface area (Å²) in [5, 5.41) is 0. The average molecular weight is 500 g/mol. The molecule has 0 N–H and O–H groups in total. The molecule has 0 aromatic heterocycles. The quantitative estimate of drug-likeness (QED) is 0.479. The van der Waals surface area contributed by atoms with Gasteiger partial charge in [-0.05, 0) is 36.5 Å². The van der Waals surface area contributed by atoms with E-state index in [1.54, 1.807) is 0 Å². The summed E-state index contributed by atoms with van der Waals surface area (Å²) in [6, 6.07) is 0. The molecule has 4 fully saturated rings. The Balaban J connectivity index is 1.91. The van der Waals surface area contributed by atoms with Crippen LogP contribution >= 0.6 is 47.8 Å². The minimum Gasteiger partial charge on any atom is -0.342 e. The number of alkyl halides is 3. The first-order valence-corrected chi connectivity index (χ1v) is 11.1. The molecule has 0 aromatic rings. The van der Waals surface area contributed by atoms with Gasteiger partial charge in [0, 0.05) is 23.3 Å². The van der Waals surface area contributed by atoms with E-state index < -0.39 is 0 Å². The van der Waals surface area contributed by atoms with Crippen molar-refractivity contribution in [3.8, 4) is 0 Å². The molecule has 4 rings (SSSR count). The van der Waals surface area contributed by atoms with Crippen molar-refractivity contribution in [3.63, 3.8) is 0 Å². The van der Waals surface area contributed by atoms with Crippen molar-refractivity contribution < 1.29 is 4.79 Å². The maximum Gasteiger partial charge on any atom is 0.230 e. The molecule has 3 aliphatic carbocycles. The zero-order chi connectivity index (χ0) is 16.5. The average Bonchev–Trinajstić information content (AvgIpc) is 2.86. The van der Waals surface area contributed by atoms with E-state index in [2.05, 4.69) is 80.4 Å². The number of halogens is 3. The van der Waals surface area contributed by atoms with Crippen molar-refractivity contribution in [3.05, 3.63) is 0 Å². The number of carbonyl (C=O) groups excluding carboxylic acids is 1. The summed E-state index contributed by atoms with van der Waals surface area (Å²) >= 11 is 11.5. The van der Waals surface area contributed by atoms with Gasteiger partial charge < -0.3 is 4.90 Å². The van der Waals surface area contributed by atoms with E-state index in [4.69, 9.17) is 0 Å². The summed E-state index contributed by atoms with van der Waals surface area (Å²) in [5.74, 6) is 1.63. The van der Waals surface area contributed by atoms with Gasteiger partial charge in [-0.2, -0.15) is 0 Å². The van der Waals surface area contributed by atoms with Crippen LogP contribution in [0.5, 0.6) is 0 Å². The van der Waals surface area contributed by atoms with Crippen molar-refractivity contribution in [1.29, 1.82) is 0 Å². The van der Waals surface area contributed by atoms with Crippen LogP contribution < -0.4 is 0 Å². The van der Waals surface area contributed by atoms with Gasteiger partial charge in [0.15, 0.2) is 0 Å². The lowest BCUT2D eigenvalue weighted by molar-refractivity contribution is -0.175. The van der Waals surface area contributed by atoms with E-state index in [-0.39, 0.29) is 24.8 Å². The number of hydrogen-bond donors (Lipinski definition) is 0. The monoisotopic (exact) mass is 497 g/mol. The lowest BCUT2D eigenvalue weighted by Crippen LogP contribution is -2.72. The van der Waals surface area contributed by atoms with Crippen LogP contribution in [0, 0.1) is 28.1 Å². The Morgan fingerprint density at radius 1 is 1.14 bits per heavy atom. The molecule has 1 saturated heterocycles. The second kappa shape index (κ2) is 5.45. The van der Waals surface area contributed by atoms with Crippen LogP contribution in [-0.2, 0) is 4.79 Å². The van der Waals surface area contributed by atoms with Crippen molar-refractivity contribution in [1.82, 2.24) is 4.90 Å². The second-order valence-corrected chi connectivity index (χ2v) is 12.4. The van der Waals surface area contributed by atoms with Crippen molar-refractivity contribution >= 4 is 53.7 Å². The topological polar surface area (TPSA) is 20.3 Å². The first-order valence-electron chi connectivity index (χ1n) is 8.33. The predicted octanol–water partition coefficient (Wildman–Crippen LogP) is 5.18. The number of rotatable bonds is 2. The van der Waals surface area contributed by atoms with Gasteiger partial charge in [0.2, 0.25) is 5.91 Å². The normalized spacial score (nSPS) is 46.7. The van der Waals surface area contributed by atoms with E-state index in [0.717, 1.165) is 25.9 Å². The van der Waals surface area contributed by atoms with E-state index in [1.165, 1.54) is 6.42 Å². The van der Waals surface area contributed by atoms with Gasteiger partial charge in [-0.25, -0.2) is 0 Å². The molecular formula is C17H26Br3NO. The van der Waals surface area contributed by atoms with Gasteiger partial charge in [0.25, 0.3) is 0 Å². The van der Waals surface area contributed by atoms with Crippen LogP contribution in [0.25, 0.3) is 0 Å². The van der Waals surface area contributed by atoms with Crippen molar-refractivity contribution in [2.75, 3.05) is 13.1 Å². The minimum atomic E-state index is -0.233. The third-order valence-corrected chi connectivity index (χ3v) is 10.3. The summed E-state index contributed by atoms with van der Waals surface area (Å²) in [5.41, 5.74) is -0.105. The fourth-order valence-electron chi connectivity index (χ4n) is 5.78. The molecule has 0 radical (unpaired) electrons. The molecule has 3 saturated carbocycles. The molecule has 4 aliphatic rings. The van der Waals surface area contributed by atoms with Gasteiger partial charge >= 0.3 is 0 Å². The van der Waals surface area contributed by atoms with Crippen molar-refractivity contribution in [2.45, 2.75) is 55.5 Å². The summed E-state index contributed by atoms with van der Waals surface area (Å²) in [6.07, 6.45) is 3.34. The third kappa shape index (κ3) is 1.91. The molecule has 5 heteroatoms. The molecule has 5 atom stereocenters. The lowest BCUT2D eigenvalue weighted by Gasteiger charge is -2.67. The van der Waals surface area contributed by atoms with Gasteiger partial charge in [-0.1, -0.05) is 75.5 Å². The maximum absolute atomic E-state index is 13.5. The first-order chi connectivity index (χ1) is 10.1. The van der Waals surface area contributed by atoms with E-state index in [0.29, 0.717) is 17.7 Å². The predicted molar refractivity (Wildman–Crippen MR) is 102 cm³/mol. The van der Waals surface area contributed by atoms with Crippen molar-refractivity contribution in [2.24, 2.45) is 28.1 Å². The highest BCUT2D eigenvalue weighted by Gasteiger charge is 2.83. The molecule has 1 amide bonds. The molecule has 1 aliphatic heterocycles. The zero-order valence-electron chi connectivity index (χ0n) is 13.8. The largest absolute Gasteiger partial charge is 0.342 e. The highest BCUT2D eigenvalue weighted by Crippen LogP contribution is 2.82. The molecule has 126 valence electrons. The van der Waals surface area contributed by atoms with Gasteiger partial charge in [-0.3, -0.25) is 4.79 Å². The molecular weight excluding hydrogens is 474 g/mol. The first kappa shape index (κ1) is 17.7. The Labute approximate surface area is 159 Å². The number of amides is 1. The third-order valence-electron chi connectivity index (χ3n) is 7.02. The van der Waals surface area contributed by atoms with Crippen LogP contribution in [0.2, 0.25) is 0 Å². The fraction of sp³-hybridized carbons (Fsp3) is 0.941. The molecule has 22 heavy (non-hydrogen) atoms. The van der Waals surface area contributed by atoms with E-state index in [9.17, 15) is 4.79 Å². The minimum absolute atomic E-state index is 0.00679. The summed E-state index contributed by atoms with van der Waals surface area (Å²) in [7, 11) is 0. The second-order valence-electron chi connectivity index (χ2n) is 8.46. The maximum atomic E-state index is 13.5. The number of hydrogen-bond acceptors (Lipinski definition) is 1. The Kier molecular flexibility index (Phi) is 4.39. The van der Waals surface area contributed by atoms with Gasteiger partial charge in [0.1, 0.15) is 0 Å². The number of carbonyl (C=O) groups is 1. The molecule has 5 unspecified atom stereocenters. The SMILES string of the molecule is CC1CC(C)CN(C(=O)C23CCC(C(Br)Br)(C2Br)C3(C)C)C1. The van der Waals surface area contributed by atoms with Crippen LogP contribution in [0.3, 0.4) is 0 Å². The Morgan fingerprint density at radius 2 is 1.68 bits per heavy atom. The van der Waals surface area contributed by atoms with Gasteiger partial charge in [0.05, 0.1) is 9.15 Å². The number of piperidine rings is 1. The van der Waals surface area contributed by atoms with Crippen LogP contribution in [0.4, 0.5) is 0 Å². The summed E-state index contributed by atoms with van der Waals surface area (Å²) in [4.78, 5) is 15.9. The van der Waals surface area contributed by atoms with Crippen LogP contribution in [0.15, 0.2) is 0 Å². The molecule has 1 heterocycles. The summed E-state index contributed by atoms with van der Waals surface area (Å²) < 4.78 is 0.245. The van der Waals surface area contributed by atoms with E-state index in [1.807, 2.05) is 0 Å². The number of likely N-dealkylation sites (tertiary alicyclic amines) is 1. The molecule has 2 nitrogen and oxygen atoms in total. The highest BCUT2D eigenvalue weighted by molar-refractivity contribution is 9.24. The lowest BCUT2D eigenvalue weighted by atomic mass is 9.43. The van der Waals surface area contributed by atoms with Gasteiger partial charge in [-0.15, -0.1) is 0 Å². The molecule has 0 spiro atoms. The zero-order valence-corrected chi connectivity index (χ0v) is 18.6. The number of fused-ring (bicyclic) bond motifs is 1. The number of nitrogens with zero attached hydrogens (tertiary/aromatic N) is 1.